The van der Waals surface area contributed by atoms with Crippen LogP contribution in [0, 0.1) is 12.7 Å². The van der Waals surface area contributed by atoms with Crippen molar-refractivity contribution in [2.24, 2.45) is 0 Å². The number of benzene rings is 2. The number of hydrogen-bond acceptors (Lipinski definition) is 5. The molecular weight excluding hydrogens is 453 g/mol. The van der Waals surface area contributed by atoms with Gasteiger partial charge in [0.05, 0.1) is 26.8 Å². The normalized spacial score (nSPS) is 11.3. The molecule has 0 atom stereocenters. The molecule has 3 rings (SSSR count). The van der Waals surface area contributed by atoms with Gasteiger partial charge < -0.3 is 4.52 Å². The summed E-state index contributed by atoms with van der Waals surface area (Å²) in [6.45, 7) is 2.96. The standard InChI is InChI=1S/C18H15BrFN3O4S/c1-10-3-4-12(14-9-21-27-18(14)22-11(2)24)7-17(10)28(25,26)23-13-5-6-15(19)16(20)8-13/h3-9,23H,1-2H3,(H,22,24). The van der Waals surface area contributed by atoms with Gasteiger partial charge >= 0.3 is 0 Å². The highest BCUT2D eigenvalue weighted by molar-refractivity contribution is 9.10. The lowest BCUT2D eigenvalue weighted by atomic mass is 10.1. The fourth-order valence-electron chi connectivity index (χ4n) is 2.52. The molecule has 146 valence electrons. The first-order valence-electron chi connectivity index (χ1n) is 7.98. The van der Waals surface area contributed by atoms with E-state index < -0.39 is 15.8 Å². The molecule has 1 amide bonds. The second-order valence-corrected chi connectivity index (χ2v) is 8.47. The Kier molecular flexibility index (Phi) is 5.52. The Morgan fingerprint density at radius 3 is 2.64 bits per heavy atom. The number of nitrogens with zero attached hydrogens (tertiary/aromatic N) is 1. The van der Waals surface area contributed by atoms with Gasteiger partial charge in [0.15, 0.2) is 0 Å². The summed E-state index contributed by atoms with van der Waals surface area (Å²) in [7, 11) is -3.99. The lowest BCUT2D eigenvalue weighted by Crippen LogP contribution is -2.14. The fraction of sp³-hybridized carbons (Fsp3) is 0.111. The van der Waals surface area contributed by atoms with Gasteiger partial charge in [-0.3, -0.25) is 14.8 Å². The summed E-state index contributed by atoms with van der Waals surface area (Å²) in [6, 6.07) is 8.68. The van der Waals surface area contributed by atoms with Gasteiger partial charge in [0, 0.05) is 6.92 Å². The van der Waals surface area contributed by atoms with E-state index >= 15 is 0 Å². The summed E-state index contributed by atoms with van der Waals surface area (Å²) < 4.78 is 47.0. The van der Waals surface area contributed by atoms with Gasteiger partial charge in [-0.2, -0.15) is 0 Å². The number of hydrogen-bond donors (Lipinski definition) is 2. The van der Waals surface area contributed by atoms with E-state index in [0.717, 1.165) is 6.07 Å². The molecule has 3 aromatic rings. The second kappa shape index (κ2) is 7.72. The summed E-state index contributed by atoms with van der Waals surface area (Å²) >= 11 is 3.02. The molecule has 10 heteroatoms. The summed E-state index contributed by atoms with van der Waals surface area (Å²) in [5.41, 5.74) is 1.50. The van der Waals surface area contributed by atoms with Crippen molar-refractivity contribution in [2.45, 2.75) is 18.7 Å². The number of rotatable bonds is 5. The monoisotopic (exact) mass is 467 g/mol. The molecule has 1 aromatic heterocycles. The van der Waals surface area contributed by atoms with E-state index in [0.29, 0.717) is 16.7 Å². The van der Waals surface area contributed by atoms with Crippen molar-refractivity contribution in [3.05, 3.63) is 58.4 Å². The Morgan fingerprint density at radius 1 is 1.21 bits per heavy atom. The van der Waals surface area contributed by atoms with Crippen LogP contribution in [0.4, 0.5) is 16.0 Å². The topological polar surface area (TPSA) is 101 Å². The minimum absolute atomic E-state index is 0.00306. The van der Waals surface area contributed by atoms with Gasteiger partial charge in [-0.25, -0.2) is 12.8 Å². The lowest BCUT2D eigenvalue weighted by molar-refractivity contribution is -0.114. The first-order valence-corrected chi connectivity index (χ1v) is 10.3. The first-order chi connectivity index (χ1) is 13.2. The zero-order valence-corrected chi connectivity index (χ0v) is 17.2. The number of amides is 1. The molecule has 0 radical (unpaired) electrons. The van der Waals surface area contributed by atoms with E-state index in [1.165, 1.54) is 31.3 Å². The fourth-order valence-corrected chi connectivity index (χ4v) is 4.09. The molecule has 28 heavy (non-hydrogen) atoms. The molecule has 0 aliphatic heterocycles. The summed E-state index contributed by atoms with van der Waals surface area (Å²) in [5, 5.41) is 6.15. The Hall–Kier alpha value is -2.72. The van der Waals surface area contributed by atoms with E-state index in [4.69, 9.17) is 4.52 Å². The molecule has 0 saturated heterocycles. The number of carbonyl (C=O) groups is 1. The van der Waals surface area contributed by atoms with E-state index in [-0.39, 0.29) is 26.8 Å². The molecule has 0 aliphatic rings. The largest absolute Gasteiger partial charge is 0.338 e. The number of nitrogens with one attached hydrogen (secondary N) is 2. The highest BCUT2D eigenvalue weighted by Gasteiger charge is 2.20. The average Bonchev–Trinajstić information content (AvgIpc) is 3.05. The van der Waals surface area contributed by atoms with E-state index in [1.54, 1.807) is 19.1 Å². The third kappa shape index (κ3) is 4.23. The van der Waals surface area contributed by atoms with Gasteiger partial charge in [0.25, 0.3) is 10.0 Å². The number of halogens is 2. The second-order valence-electron chi connectivity index (χ2n) is 5.96. The maximum absolute atomic E-state index is 13.7. The van der Waals surface area contributed by atoms with Crippen LogP contribution in [0.1, 0.15) is 12.5 Å². The number of sulfonamides is 1. The molecule has 0 aliphatic carbocycles. The summed E-state index contributed by atoms with van der Waals surface area (Å²) in [5.74, 6) is -0.824. The van der Waals surface area contributed by atoms with E-state index in [2.05, 4.69) is 31.1 Å². The average molecular weight is 468 g/mol. The number of aryl methyl sites for hydroxylation is 1. The lowest BCUT2D eigenvalue weighted by Gasteiger charge is -2.12. The van der Waals surface area contributed by atoms with Gasteiger partial charge in [0.2, 0.25) is 11.8 Å². The van der Waals surface area contributed by atoms with Crippen LogP contribution in [0.15, 0.2) is 56.5 Å². The Labute approximate surface area is 169 Å². The van der Waals surface area contributed by atoms with Gasteiger partial charge in [-0.05, 0) is 58.2 Å². The van der Waals surface area contributed by atoms with E-state index in [1.807, 2.05) is 0 Å². The highest BCUT2D eigenvalue weighted by Crippen LogP contribution is 2.31. The van der Waals surface area contributed by atoms with Crippen LogP contribution < -0.4 is 10.0 Å². The summed E-state index contributed by atoms with van der Waals surface area (Å²) in [6.07, 6.45) is 1.38. The van der Waals surface area contributed by atoms with Crippen LogP contribution in [0.3, 0.4) is 0 Å². The molecule has 0 unspecified atom stereocenters. The van der Waals surface area contributed by atoms with Crippen LogP contribution in [-0.2, 0) is 14.8 Å². The molecule has 2 aromatic carbocycles. The van der Waals surface area contributed by atoms with Crippen molar-refractivity contribution in [3.8, 4) is 11.1 Å². The van der Waals surface area contributed by atoms with Crippen molar-refractivity contribution in [1.82, 2.24) is 5.16 Å². The molecule has 2 N–H and O–H groups in total. The van der Waals surface area contributed by atoms with Crippen molar-refractivity contribution < 1.29 is 22.1 Å². The van der Waals surface area contributed by atoms with Gasteiger partial charge in [0.1, 0.15) is 5.82 Å². The minimum Gasteiger partial charge on any atom is -0.338 e. The number of aromatic nitrogens is 1. The van der Waals surface area contributed by atoms with Crippen molar-refractivity contribution in [2.75, 3.05) is 10.0 Å². The molecule has 1 heterocycles. The summed E-state index contributed by atoms with van der Waals surface area (Å²) in [4.78, 5) is 11.3. The Bertz CT molecular complexity index is 1160. The first kappa shape index (κ1) is 20.0. The number of anilines is 2. The molecule has 0 spiro atoms. The van der Waals surface area contributed by atoms with Crippen LogP contribution in [0.25, 0.3) is 11.1 Å². The zero-order chi connectivity index (χ0) is 20.5. The predicted molar refractivity (Wildman–Crippen MR) is 106 cm³/mol. The minimum atomic E-state index is -3.99. The molecule has 0 saturated carbocycles. The van der Waals surface area contributed by atoms with Crippen LogP contribution in [0.5, 0.6) is 0 Å². The highest BCUT2D eigenvalue weighted by atomic mass is 79.9. The smallest absolute Gasteiger partial charge is 0.262 e. The third-order valence-electron chi connectivity index (χ3n) is 3.82. The van der Waals surface area contributed by atoms with Crippen LogP contribution in [0.2, 0.25) is 0 Å². The van der Waals surface area contributed by atoms with Gasteiger partial charge in [-0.15, -0.1) is 0 Å². The zero-order valence-electron chi connectivity index (χ0n) is 14.8. The quantitative estimate of drug-likeness (QED) is 0.581. The van der Waals surface area contributed by atoms with Crippen LogP contribution in [-0.4, -0.2) is 19.5 Å². The maximum atomic E-state index is 13.7. The number of carbonyl (C=O) groups excluding carboxylic acids is 1. The molecule has 0 fully saturated rings. The van der Waals surface area contributed by atoms with Crippen molar-refractivity contribution >= 4 is 43.4 Å². The van der Waals surface area contributed by atoms with Crippen molar-refractivity contribution in [1.29, 1.82) is 0 Å². The molecular formula is C18H15BrFN3O4S. The predicted octanol–water partition coefficient (Wildman–Crippen LogP) is 4.31. The maximum Gasteiger partial charge on any atom is 0.262 e. The van der Waals surface area contributed by atoms with E-state index in [9.17, 15) is 17.6 Å². The SMILES string of the molecule is CC(=O)Nc1oncc1-c1ccc(C)c(S(=O)(=O)Nc2ccc(Br)c(F)c2)c1. The van der Waals surface area contributed by atoms with Gasteiger partial charge in [-0.1, -0.05) is 17.3 Å². The molecule has 0 bridgehead atoms. The Balaban J connectivity index is 2.00. The Morgan fingerprint density at radius 2 is 1.96 bits per heavy atom. The van der Waals surface area contributed by atoms with Crippen molar-refractivity contribution in [3.63, 3.8) is 0 Å². The third-order valence-corrected chi connectivity index (χ3v) is 5.99. The molecule has 7 nitrogen and oxygen atoms in total. The van der Waals surface area contributed by atoms with Crippen LogP contribution >= 0.6 is 15.9 Å².